The summed E-state index contributed by atoms with van der Waals surface area (Å²) in [6.07, 6.45) is 0. The predicted molar refractivity (Wildman–Crippen MR) is 78.0 cm³/mol. The summed E-state index contributed by atoms with van der Waals surface area (Å²) in [6.45, 7) is 3.70. The van der Waals surface area contributed by atoms with E-state index in [-0.39, 0.29) is 31.2 Å². The topological polar surface area (TPSA) is 92.9 Å². The second-order valence-corrected chi connectivity index (χ2v) is 6.50. The molecule has 1 aromatic carbocycles. The van der Waals surface area contributed by atoms with Crippen LogP contribution in [0, 0.1) is 13.8 Å². The molecule has 1 aromatic rings. The first kappa shape index (κ1) is 16.9. The van der Waals surface area contributed by atoms with Gasteiger partial charge in [-0.3, -0.25) is 0 Å². The molecule has 0 unspecified atom stereocenters. The van der Waals surface area contributed by atoms with Gasteiger partial charge in [0.25, 0.3) is 0 Å². The molecule has 0 amide bonds. The van der Waals surface area contributed by atoms with Crippen LogP contribution in [0.4, 0.5) is 5.69 Å². The zero-order valence-electron chi connectivity index (χ0n) is 12.1. The summed E-state index contributed by atoms with van der Waals surface area (Å²) in [5.41, 5.74) is 7.58. The number of methoxy groups -OCH3 is 1. The maximum Gasteiger partial charge on any atom is 0.243 e. The molecule has 0 saturated heterocycles. The average molecular weight is 302 g/mol. The van der Waals surface area contributed by atoms with Crippen molar-refractivity contribution >= 4 is 15.7 Å². The van der Waals surface area contributed by atoms with Gasteiger partial charge < -0.3 is 15.6 Å². The molecule has 114 valence electrons. The minimum atomic E-state index is -3.70. The normalized spacial score (nSPS) is 12.1. The van der Waals surface area contributed by atoms with Crippen LogP contribution in [-0.4, -0.2) is 51.2 Å². The quantitative estimate of drug-likeness (QED) is 0.716. The second-order valence-electron chi connectivity index (χ2n) is 4.60. The van der Waals surface area contributed by atoms with Crippen LogP contribution < -0.4 is 5.73 Å². The fourth-order valence-corrected chi connectivity index (χ4v) is 3.67. The molecular weight excluding hydrogens is 280 g/mol. The number of aliphatic hydroxyl groups excluding tert-OH is 1. The fraction of sp³-hybridized carbons (Fsp3) is 0.538. The van der Waals surface area contributed by atoms with Crippen LogP contribution in [0.5, 0.6) is 0 Å². The summed E-state index contributed by atoms with van der Waals surface area (Å²) in [6, 6.07) is 3.33. The lowest BCUT2D eigenvalue weighted by Crippen LogP contribution is -2.36. The van der Waals surface area contributed by atoms with Crippen molar-refractivity contribution in [1.29, 1.82) is 0 Å². The van der Waals surface area contributed by atoms with E-state index in [9.17, 15) is 8.42 Å². The van der Waals surface area contributed by atoms with E-state index in [0.717, 1.165) is 5.56 Å². The first-order valence-corrected chi connectivity index (χ1v) is 7.75. The highest BCUT2D eigenvalue weighted by Gasteiger charge is 2.26. The number of hydrogen-bond acceptors (Lipinski definition) is 5. The zero-order chi connectivity index (χ0) is 15.3. The molecule has 3 N–H and O–H groups in total. The summed E-state index contributed by atoms with van der Waals surface area (Å²) in [7, 11) is -2.20. The Bertz CT molecular complexity index is 558. The Morgan fingerprint density at radius 2 is 1.95 bits per heavy atom. The number of ether oxygens (including phenoxy) is 1. The molecule has 0 aliphatic rings. The van der Waals surface area contributed by atoms with Gasteiger partial charge in [0.05, 0.1) is 18.1 Å². The third-order valence-corrected chi connectivity index (χ3v) is 5.08. The van der Waals surface area contributed by atoms with E-state index in [1.54, 1.807) is 26.0 Å². The predicted octanol–water partition coefficient (Wildman–Crippen LogP) is 0.515. The van der Waals surface area contributed by atoms with Crippen molar-refractivity contribution in [3.63, 3.8) is 0 Å². The number of nitrogen functional groups attached to an aromatic ring is 1. The molecule has 0 saturated carbocycles. The van der Waals surface area contributed by atoms with Gasteiger partial charge in [0, 0.05) is 25.9 Å². The highest BCUT2D eigenvalue weighted by molar-refractivity contribution is 7.89. The highest BCUT2D eigenvalue weighted by Crippen LogP contribution is 2.25. The van der Waals surface area contributed by atoms with E-state index in [2.05, 4.69) is 0 Å². The monoisotopic (exact) mass is 302 g/mol. The molecule has 1 rings (SSSR count). The van der Waals surface area contributed by atoms with E-state index >= 15 is 0 Å². The lowest BCUT2D eigenvalue weighted by atomic mass is 10.1. The lowest BCUT2D eigenvalue weighted by Gasteiger charge is -2.22. The third kappa shape index (κ3) is 3.69. The molecule has 20 heavy (non-hydrogen) atoms. The van der Waals surface area contributed by atoms with Crippen molar-refractivity contribution in [2.75, 3.05) is 39.1 Å². The first-order valence-electron chi connectivity index (χ1n) is 6.31. The van der Waals surface area contributed by atoms with Crippen LogP contribution in [0.25, 0.3) is 0 Å². The van der Waals surface area contributed by atoms with E-state index in [4.69, 9.17) is 15.6 Å². The number of rotatable bonds is 7. The zero-order valence-corrected chi connectivity index (χ0v) is 12.9. The minimum Gasteiger partial charge on any atom is -0.398 e. The average Bonchev–Trinajstić information content (AvgIpc) is 2.38. The van der Waals surface area contributed by atoms with E-state index in [1.165, 1.54) is 11.4 Å². The molecule has 6 nitrogen and oxygen atoms in total. The van der Waals surface area contributed by atoms with E-state index < -0.39 is 10.0 Å². The maximum atomic E-state index is 12.7. The van der Waals surface area contributed by atoms with Crippen molar-refractivity contribution in [3.8, 4) is 0 Å². The summed E-state index contributed by atoms with van der Waals surface area (Å²) in [5, 5.41) is 9.05. The molecular formula is C13H22N2O4S. The van der Waals surface area contributed by atoms with Crippen molar-refractivity contribution in [2.45, 2.75) is 18.7 Å². The Hall–Kier alpha value is -1.15. The van der Waals surface area contributed by atoms with Gasteiger partial charge in [-0.15, -0.1) is 0 Å². The molecule has 0 aliphatic carbocycles. The van der Waals surface area contributed by atoms with Crippen molar-refractivity contribution in [2.24, 2.45) is 0 Å². The Morgan fingerprint density at radius 3 is 2.50 bits per heavy atom. The number of aryl methyl sites for hydroxylation is 1. The van der Waals surface area contributed by atoms with Crippen LogP contribution in [0.15, 0.2) is 17.0 Å². The highest BCUT2D eigenvalue weighted by atomic mass is 32.2. The Kier molecular flexibility index (Phi) is 5.94. The van der Waals surface area contributed by atoms with Crippen LogP contribution in [0.1, 0.15) is 11.1 Å². The minimum absolute atomic E-state index is 0.0268. The van der Waals surface area contributed by atoms with Crippen LogP contribution in [0.3, 0.4) is 0 Å². The van der Waals surface area contributed by atoms with Crippen LogP contribution in [-0.2, 0) is 14.8 Å². The molecule has 0 fully saturated rings. The van der Waals surface area contributed by atoms with Gasteiger partial charge in [-0.05, 0) is 37.1 Å². The standard InChI is InChI=1S/C13H22N2O4S/c1-10-8-12(14)11(2)13(9-10)20(17,18)15(4-6-16)5-7-19-3/h8-9,16H,4-7,14H2,1-3H3. The number of benzene rings is 1. The molecule has 0 radical (unpaired) electrons. The Labute approximate surface area is 120 Å². The summed E-state index contributed by atoms with van der Waals surface area (Å²) in [4.78, 5) is 0.180. The SMILES string of the molecule is COCCN(CCO)S(=O)(=O)c1cc(C)cc(N)c1C. The van der Waals surface area contributed by atoms with Crippen LogP contribution >= 0.6 is 0 Å². The van der Waals surface area contributed by atoms with Crippen molar-refractivity contribution in [1.82, 2.24) is 4.31 Å². The van der Waals surface area contributed by atoms with Crippen molar-refractivity contribution < 1.29 is 18.3 Å². The van der Waals surface area contributed by atoms with Gasteiger partial charge in [-0.2, -0.15) is 4.31 Å². The lowest BCUT2D eigenvalue weighted by molar-refractivity contribution is 0.168. The Morgan fingerprint density at radius 1 is 1.30 bits per heavy atom. The van der Waals surface area contributed by atoms with Gasteiger partial charge in [0.2, 0.25) is 10.0 Å². The van der Waals surface area contributed by atoms with Gasteiger partial charge in [-0.25, -0.2) is 8.42 Å². The summed E-state index contributed by atoms with van der Waals surface area (Å²) in [5.74, 6) is 0. The number of anilines is 1. The van der Waals surface area contributed by atoms with Gasteiger partial charge in [0.1, 0.15) is 0 Å². The molecule has 7 heteroatoms. The fourth-order valence-electron chi connectivity index (χ4n) is 1.92. The number of nitrogens with zero attached hydrogens (tertiary/aromatic N) is 1. The largest absolute Gasteiger partial charge is 0.398 e. The number of hydrogen-bond donors (Lipinski definition) is 2. The number of sulfonamides is 1. The first-order chi connectivity index (χ1) is 9.34. The smallest absolute Gasteiger partial charge is 0.243 e. The maximum absolute atomic E-state index is 12.7. The third-order valence-electron chi connectivity index (χ3n) is 3.06. The molecule has 0 bridgehead atoms. The number of aliphatic hydroxyl groups is 1. The Balaban J connectivity index is 3.25. The van der Waals surface area contributed by atoms with E-state index in [0.29, 0.717) is 11.3 Å². The van der Waals surface area contributed by atoms with Crippen LogP contribution in [0.2, 0.25) is 0 Å². The van der Waals surface area contributed by atoms with E-state index in [1.807, 2.05) is 0 Å². The molecule has 0 heterocycles. The molecule has 0 atom stereocenters. The summed E-state index contributed by atoms with van der Waals surface area (Å²) < 4.78 is 31.4. The van der Waals surface area contributed by atoms with Crippen molar-refractivity contribution in [3.05, 3.63) is 23.3 Å². The molecule has 0 aromatic heterocycles. The van der Waals surface area contributed by atoms with Gasteiger partial charge in [-0.1, -0.05) is 0 Å². The van der Waals surface area contributed by atoms with Gasteiger partial charge >= 0.3 is 0 Å². The second kappa shape index (κ2) is 7.03. The summed E-state index contributed by atoms with van der Waals surface area (Å²) >= 11 is 0. The number of nitrogens with two attached hydrogens (primary N) is 1. The molecule has 0 spiro atoms. The van der Waals surface area contributed by atoms with Gasteiger partial charge in [0.15, 0.2) is 0 Å². The molecule has 0 aliphatic heterocycles.